The van der Waals surface area contributed by atoms with E-state index >= 15 is 14.2 Å². The van der Waals surface area contributed by atoms with Crippen LogP contribution in [0, 0.1) is 11.8 Å². The number of aliphatic hydroxyl groups excluding tert-OH is 1. The molecule has 678 valence electrons. The summed E-state index contributed by atoms with van der Waals surface area (Å²) in [5.74, 6) is -4.99. The molecule has 0 aromatic heterocycles. The van der Waals surface area contributed by atoms with Crippen LogP contribution in [0.4, 0.5) is 0 Å². The number of phosphoric ester groups is 1. The first-order chi connectivity index (χ1) is 58.2. The molecule has 119 heavy (non-hydrogen) atoms. The number of aliphatic hydroxyl groups is 1. The summed E-state index contributed by atoms with van der Waals surface area (Å²) in [4.78, 5) is 89.8. The number of phosphoric acid groups is 1. The summed E-state index contributed by atoms with van der Waals surface area (Å²) in [6.45, 7) is 12.0. The van der Waals surface area contributed by atoms with Gasteiger partial charge in [0.15, 0.2) is 6.29 Å². The minimum absolute atomic E-state index is 0.0503. The molecular formula is C100H166NO17P. The van der Waals surface area contributed by atoms with Gasteiger partial charge in [-0.05, 0) is 81.2 Å². The van der Waals surface area contributed by atoms with Crippen molar-refractivity contribution >= 4 is 43.2 Å². The predicted octanol–water partition coefficient (Wildman–Crippen LogP) is 26.5. The highest BCUT2D eigenvalue weighted by Gasteiger charge is 2.56. The third kappa shape index (κ3) is 52.0. The lowest BCUT2D eigenvalue weighted by Crippen LogP contribution is -2.61. The first-order valence-corrected chi connectivity index (χ1v) is 49.8. The fourth-order valence-corrected chi connectivity index (χ4v) is 17.4. The van der Waals surface area contributed by atoms with Gasteiger partial charge in [-0.1, -0.05) is 384 Å². The van der Waals surface area contributed by atoms with Crippen molar-refractivity contribution in [3.8, 4) is 11.5 Å². The van der Waals surface area contributed by atoms with E-state index in [2.05, 4.69) is 46.9 Å². The molecule has 0 radical (unpaired) electrons. The number of benzene rings is 3. The van der Waals surface area contributed by atoms with E-state index in [9.17, 15) is 24.3 Å². The van der Waals surface area contributed by atoms with Crippen molar-refractivity contribution in [1.82, 2.24) is 5.32 Å². The molecule has 2 N–H and O–H groups in total. The third-order valence-corrected chi connectivity index (χ3v) is 24.5. The molecule has 0 spiro atoms. The molecule has 1 aliphatic heterocycles. The summed E-state index contributed by atoms with van der Waals surface area (Å²) in [6, 6.07) is 25.2. The van der Waals surface area contributed by atoms with Crippen LogP contribution in [0.3, 0.4) is 0 Å². The van der Waals surface area contributed by atoms with E-state index in [-0.39, 0.29) is 75.2 Å². The van der Waals surface area contributed by atoms with Gasteiger partial charge in [-0.2, -0.15) is 0 Å². The van der Waals surface area contributed by atoms with Crippen molar-refractivity contribution in [1.29, 1.82) is 0 Å². The van der Waals surface area contributed by atoms with Crippen LogP contribution in [-0.2, 0) is 72.9 Å². The van der Waals surface area contributed by atoms with Crippen molar-refractivity contribution in [3.05, 3.63) is 96.6 Å². The second-order valence-electron chi connectivity index (χ2n) is 34.1. The Bertz CT molecular complexity index is 2990. The van der Waals surface area contributed by atoms with Crippen molar-refractivity contribution in [2.45, 2.75) is 457 Å². The molecule has 4 rings (SSSR count). The number of ether oxygens (including phenoxy) is 6. The van der Waals surface area contributed by atoms with E-state index < -0.39 is 99.2 Å². The van der Waals surface area contributed by atoms with Gasteiger partial charge >= 0.3 is 25.7 Å². The second-order valence-corrected chi connectivity index (χ2v) is 35.5. The fourth-order valence-electron chi connectivity index (χ4n) is 16.0. The highest BCUT2D eigenvalue weighted by molar-refractivity contribution is 7.49. The van der Waals surface area contributed by atoms with Crippen LogP contribution in [0.5, 0.6) is 11.5 Å². The Morgan fingerprint density at radius 3 is 1.19 bits per heavy atom. The summed E-state index contributed by atoms with van der Waals surface area (Å²) in [6.07, 6.45) is 42.5. The number of unbranched alkanes of at least 4 members (excludes halogenated alkanes) is 42. The zero-order valence-corrected chi connectivity index (χ0v) is 76.3. The number of rotatable bonds is 80. The topological polar surface area (TPSA) is 235 Å². The minimum Gasteiger partial charge on any atom is -0.462 e. The second kappa shape index (κ2) is 70.9. The van der Waals surface area contributed by atoms with Crippen LogP contribution in [0.2, 0.25) is 0 Å². The number of carbonyl (C=O) groups is 6. The van der Waals surface area contributed by atoms with E-state index in [1.54, 1.807) is 60.7 Å². The predicted molar refractivity (Wildman–Crippen MR) is 480 cm³/mol. The van der Waals surface area contributed by atoms with Crippen molar-refractivity contribution in [2.75, 3.05) is 19.8 Å². The normalized spacial score (nSPS) is 16.5. The van der Waals surface area contributed by atoms with Crippen LogP contribution in [0.1, 0.15) is 413 Å². The minimum atomic E-state index is -5.03. The van der Waals surface area contributed by atoms with Gasteiger partial charge in [0, 0.05) is 31.6 Å². The average molecular weight is 1690 g/mol. The number of ketones is 2. The smallest absolute Gasteiger partial charge is 0.462 e. The van der Waals surface area contributed by atoms with E-state index in [4.69, 9.17) is 42.0 Å². The molecule has 1 amide bonds. The van der Waals surface area contributed by atoms with E-state index in [0.29, 0.717) is 51.4 Å². The van der Waals surface area contributed by atoms with E-state index in [1.807, 2.05) is 30.3 Å². The van der Waals surface area contributed by atoms with Gasteiger partial charge in [-0.25, -0.2) is 4.57 Å². The number of hydrogen-bond acceptors (Lipinski definition) is 17. The largest absolute Gasteiger partial charge is 0.588 e. The maximum Gasteiger partial charge on any atom is 0.588 e. The SMILES string of the molecule is CCCCCCCCCCC[C@H](CC(=O)N[C@@H](COCc1ccccc1)CO[C@@H]1O[C@H](CO)[C@@H](OP(=O)(Oc2ccccc2)Oc2ccccc2)[C@H](OC(=O)C[C@@H](CCCCCCCCCCC)C(=O)CCCCCCCCC)[C@H]1C(=O)C[C@@H](CCCCCCCCCCC)OC(=O)CCCCCCCCC)OC(=O)CCCCCCCCC. The van der Waals surface area contributed by atoms with Gasteiger partial charge in [-0.15, -0.1) is 0 Å². The lowest BCUT2D eigenvalue weighted by Gasteiger charge is -2.45. The third-order valence-electron chi connectivity index (χ3n) is 23.1. The van der Waals surface area contributed by atoms with Crippen molar-refractivity contribution < 1.29 is 80.4 Å². The van der Waals surface area contributed by atoms with Gasteiger partial charge < -0.3 is 47.9 Å². The van der Waals surface area contributed by atoms with Crippen LogP contribution < -0.4 is 14.4 Å². The molecule has 0 unspecified atom stereocenters. The van der Waals surface area contributed by atoms with Crippen LogP contribution in [0.15, 0.2) is 91.0 Å². The Hall–Kier alpha value is -5.49. The number of amides is 1. The lowest BCUT2D eigenvalue weighted by molar-refractivity contribution is -0.281. The molecule has 0 aliphatic carbocycles. The molecule has 3 aromatic rings. The number of hydrogen-bond donors (Lipinski definition) is 2. The first kappa shape index (κ1) is 106. The Kier molecular flexibility index (Phi) is 63.0. The van der Waals surface area contributed by atoms with E-state index in [1.165, 1.54) is 83.5 Å². The maximum atomic E-state index is 16.5. The monoisotopic (exact) mass is 1680 g/mol. The van der Waals surface area contributed by atoms with E-state index in [0.717, 1.165) is 198 Å². The number of esters is 3. The molecule has 18 nitrogen and oxygen atoms in total. The summed E-state index contributed by atoms with van der Waals surface area (Å²) in [5.41, 5.74) is 0.870. The summed E-state index contributed by atoms with van der Waals surface area (Å²) < 4.78 is 75.0. The fraction of sp³-hybridized carbons (Fsp3) is 0.760. The van der Waals surface area contributed by atoms with Crippen molar-refractivity contribution in [2.24, 2.45) is 11.8 Å². The Balaban J connectivity index is 1.92. The standard InChI is InChI=1S/C100H166NO17P/c1-7-13-19-25-31-34-40-43-54-66-84(90(103)73-61-46-37-28-22-16-10-4)76-96(108)115-99-97(91(104)77-88(71-55-44-41-35-32-26-20-14-8-2)112-94(106)74-62-47-38-29-23-17-11-5)100(114-92(79-102)98(99)118-119(109,116-86-67-57-50-58-68-86)117-87-69-59-51-60-70-87)111-82-85(81-110-80-83-64-52-49-53-65-83)101-93(105)78-89(72-56-45-42-36-33-27-21-15-9-3)113-95(107)75-63-48-39-30-24-18-12-6/h49-53,57-60,64-65,67-70,84-85,88-89,92,97-100,102H,7-48,54-56,61-63,66,71-82H2,1-6H3,(H,101,105)/t84-,85+,88-,89-,92-,97-,98-,99-,100-/m1/s1. The highest BCUT2D eigenvalue weighted by atomic mass is 31.2. The Morgan fingerprint density at radius 2 is 0.782 bits per heavy atom. The number of nitrogens with one attached hydrogen (secondary N) is 1. The molecule has 0 bridgehead atoms. The average Bonchev–Trinajstić information content (AvgIpc) is 0.765. The molecule has 3 aromatic carbocycles. The molecule has 1 saturated heterocycles. The van der Waals surface area contributed by atoms with Gasteiger partial charge in [0.1, 0.15) is 59.5 Å². The molecule has 1 heterocycles. The number of carbonyl (C=O) groups excluding carboxylic acids is 6. The summed E-state index contributed by atoms with van der Waals surface area (Å²) in [5, 5.41) is 15.0. The Morgan fingerprint density at radius 1 is 0.412 bits per heavy atom. The Labute approximate surface area is 721 Å². The van der Waals surface area contributed by atoms with Gasteiger partial charge in [-0.3, -0.25) is 33.3 Å². The molecule has 1 fully saturated rings. The molecule has 19 heteroatoms. The van der Waals surface area contributed by atoms with Crippen LogP contribution >= 0.6 is 7.82 Å². The zero-order valence-electron chi connectivity index (χ0n) is 75.4. The first-order valence-electron chi connectivity index (χ1n) is 48.4. The zero-order chi connectivity index (χ0) is 85.7. The molecular weight excluding hydrogens is 1520 g/mol. The maximum absolute atomic E-state index is 16.5. The number of para-hydroxylation sites is 2. The quantitative estimate of drug-likeness (QED) is 0.0231. The van der Waals surface area contributed by atoms with Gasteiger partial charge in [0.05, 0.1) is 45.3 Å². The molecule has 9 atom stereocenters. The van der Waals surface area contributed by atoms with Gasteiger partial charge in [0.25, 0.3) is 0 Å². The van der Waals surface area contributed by atoms with Crippen LogP contribution in [0.25, 0.3) is 0 Å². The molecule has 1 aliphatic rings. The highest BCUT2D eigenvalue weighted by Crippen LogP contribution is 2.53. The number of Topliss-reactive ketones (excluding diaryl/α,β-unsaturated/α-hetero) is 2. The van der Waals surface area contributed by atoms with Crippen molar-refractivity contribution in [3.63, 3.8) is 0 Å². The summed E-state index contributed by atoms with van der Waals surface area (Å²) in [7, 11) is -5.03. The summed E-state index contributed by atoms with van der Waals surface area (Å²) >= 11 is 0. The van der Waals surface area contributed by atoms with Crippen LogP contribution in [-0.4, -0.2) is 103 Å². The lowest BCUT2D eigenvalue weighted by atomic mass is 9.84. The van der Waals surface area contributed by atoms with Gasteiger partial charge in [0.2, 0.25) is 5.91 Å². The molecule has 0 saturated carbocycles.